The maximum absolute atomic E-state index is 12.1. The van der Waals surface area contributed by atoms with Crippen molar-refractivity contribution in [2.24, 2.45) is 0 Å². The van der Waals surface area contributed by atoms with Crippen molar-refractivity contribution in [3.8, 4) is 0 Å². The van der Waals surface area contributed by atoms with Gasteiger partial charge in [-0.25, -0.2) is 0 Å². The predicted molar refractivity (Wildman–Crippen MR) is 79.4 cm³/mol. The Morgan fingerprint density at radius 2 is 2.10 bits per heavy atom. The molecule has 0 radical (unpaired) electrons. The fourth-order valence-electron chi connectivity index (χ4n) is 2.71. The molecule has 3 rings (SSSR count). The van der Waals surface area contributed by atoms with Crippen molar-refractivity contribution in [3.05, 3.63) is 46.6 Å². The lowest BCUT2D eigenvalue weighted by molar-refractivity contribution is -0.120. The number of aromatic nitrogens is 2. The second kappa shape index (κ2) is 6.39. The molecule has 0 aliphatic heterocycles. The molecule has 0 spiro atoms. The summed E-state index contributed by atoms with van der Waals surface area (Å²) in [5.74, 6) is 1.04. The zero-order valence-corrected chi connectivity index (χ0v) is 12.5. The predicted octanol–water partition coefficient (Wildman–Crippen LogP) is 3.93. The monoisotopic (exact) mass is 304 g/mol. The maximum Gasteiger partial charge on any atom is 0.237 e. The van der Waals surface area contributed by atoms with Crippen LogP contribution in [0.4, 0.5) is 0 Å². The van der Waals surface area contributed by atoms with Crippen LogP contribution in [0.2, 0.25) is 5.02 Å². The van der Waals surface area contributed by atoms with E-state index in [0.717, 1.165) is 31.2 Å². The second-order valence-corrected chi connectivity index (χ2v) is 5.84. The highest BCUT2D eigenvalue weighted by Gasteiger charge is 2.27. The first-order chi connectivity index (χ1) is 10.2. The molecular weight excluding hydrogens is 288 g/mol. The molecule has 0 N–H and O–H groups in total. The molecule has 0 saturated heterocycles. The number of rotatable bonds is 3. The summed E-state index contributed by atoms with van der Waals surface area (Å²) in [4.78, 5) is 16.5. The van der Waals surface area contributed by atoms with Crippen molar-refractivity contribution in [2.45, 2.75) is 44.4 Å². The first-order valence-electron chi connectivity index (χ1n) is 7.32. The van der Waals surface area contributed by atoms with Crippen LogP contribution in [0.15, 0.2) is 28.8 Å². The van der Waals surface area contributed by atoms with E-state index in [1.54, 1.807) is 0 Å². The highest BCUT2D eigenvalue weighted by atomic mass is 35.5. The molecule has 1 aromatic heterocycles. The Morgan fingerprint density at radius 3 is 2.95 bits per heavy atom. The number of hydrogen-bond acceptors (Lipinski definition) is 4. The number of hydrogen-bond donors (Lipinski definition) is 0. The summed E-state index contributed by atoms with van der Waals surface area (Å²) >= 11 is 6.13. The quantitative estimate of drug-likeness (QED) is 0.806. The van der Waals surface area contributed by atoms with Gasteiger partial charge in [0.05, 0.1) is 5.92 Å². The first-order valence-corrected chi connectivity index (χ1v) is 7.70. The summed E-state index contributed by atoms with van der Waals surface area (Å²) in [6.45, 7) is 0. The molecule has 5 heteroatoms. The van der Waals surface area contributed by atoms with Crippen LogP contribution in [0.3, 0.4) is 0 Å². The molecule has 1 fully saturated rings. The lowest BCUT2D eigenvalue weighted by Crippen LogP contribution is -2.11. The van der Waals surface area contributed by atoms with Gasteiger partial charge in [-0.2, -0.15) is 4.98 Å². The van der Waals surface area contributed by atoms with Crippen molar-refractivity contribution in [1.82, 2.24) is 10.1 Å². The Morgan fingerprint density at radius 1 is 1.24 bits per heavy atom. The molecule has 2 aromatic rings. The molecule has 21 heavy (non-hydrogen) atoms. The van der Waals surface area contributed by atoms with Crippen LogP contribution in [-0.2, 0) is 11.2 Å². The van der Waals surface area contributed by atoms with Gasteiger partial charge in [-0.05, 0) is 24.5 Å². The van der Waals surface area contributed by atoms with E-state index in [4.69, 9.17) is 16.1 Å². The van der Waals surface area contributed by atoms with E-state index in [9.17, 15) is 4.79 Å². The minimum absolute atomic E-state index is 0.222. The Hall–Kier alpha value is -1.68. The summed E-state index contributed by atoms with van der Waals surface area (Å²) in [6.07, 6.45) is 5.06. The summed E-state index contributed by atoms with van der Waals surface area (Å²) in [7, 11) is 0. The zero-order chi connectivity index (χ0) is 14.7. The maximum atomic E-state index is 12.1. The number of benzene rings is 1. The smallest absolute Gasteiger partial charge is 0.237 e. The lowest BCUT2D eigenvalue weighted by atomic mass is 9.99. The molecule has 4 nitrogen and oxygen atoms in total. The number of halogens is 1. The van der Waals surface area contributed by atoms with Crippen molar-refractivity contribution >= 4 is 17.4 Å². The first kappa shape index (κ1) is 14.3. The van der Waals surface area contributed by atoms with Crippen LogP contribution in [0.25, 0.3) is 0 Å². The van der Waals surface area contributed by atoms with Crippen molar-refractivity contribution in [1.29, 1.82) is 0 Å². The van der Waals surface area contributed by atoms with Crippen LogP contribution in [0.1, 0.15) is 55.3 Å². The lowest BCUT2D eigenvalue weighted by Gasteiger charge is -2.06. The van der Waals surface area contributed by atoms with Gasteiger partial charge in [-0.15, -0.1) is 0 Å². The molecule has 1 saturated carbocycles. The van der Waals surface area contributed by atoms with E-state index < -0.39 is 0 Å². The Labute approximate surface area is 128 Å². The summed E-state index contributed by atoms with van der Waals surface area (Å²) in [5, 5.41) is 4.69. The van der Waals surface area contributed by atoms with Crippen LogP contribution in [0.5, 0.6) is 0 Å². The molecule has 1 unspecified atom stereocenters. The van der Waals surface area contributed by atoms with E-state index in [-0.39, 0.29) is 11.7 Å². The highest BCUT2D eigenvalue weighted by Crippen LogP contribution is 2.28. The number of ketones is 1. The van der Waals surface area contributed by atoms with Gasteiger partial charge in [0.1, 0.15) is 5.78 Å². The SMILES string of the molecule is O=C1CCCCCC1c1nc(Cc2ccccc2Cl)no1. The van der Waals surface area contributed by atoms with E-state index in [0.29, 0.717) is 29.6 Å². The van der Waals surface area contributed by atoms with Gasteiger partial charge in [-0.3, -0.25) is 4.79 Å². The van der Waals surface area contributed by atoms with Gasteiger partial charge in [-0.1, -0.05) is 47.8 Å². The molecule has 0 amide bonds. The molecule has 110 valence electrons. The van der Waals surface area contributed by atoms with E-state index in [1.807, 2.05) is 24.3 Å². The van der Waals surface area contributed by atoms with Crippen molar-refractivity contribution in [2.75, 3.05) is 0 Å². The molecule has 1 aromatic carbocycles. The zero-order valence-electron chi connectivity index (χ0n) is 11.7. The Bertz CT molecular complexity index is 639. The third-order valence-corrected chi connectivity index (χ3v) is 4.26. The number of carbonyl (C=O) groups is 1. The number of Topliss-reactive ketones (excluding diaryl/α,β-unsaturated/α-hetero) is 1. The third kappa shape index (κ3) is 3.32. The second-order valence-electron chi connectivity index (χ2n) is 5.44. The molecular formula is C16H17ClN2O2. The van der Waals surface area contributed by atoms with Crippen molar-refractivity contribution in [3.63, 3.8) is 0 Å². The Balaban J connectivity index is 1.77. The van der Waals surface area contributed by atoms with Gasteiger partial charge >= 0.3 is 0 Å². The molecule has 1 aliphatic rings. The Kier molecular flexibility index (Phi) is 4.34. The fourth-order valence-corrected chi connectivity index (χ4v) is 2.92. The molecule has 1 heterocycles. The van der Waals surface area contributed by atoms with Crippen LogP contribution >= 0.6 is 11.6 Å². The topological polar surface area (TPSA) is 56.0 Å². The van der Waals surface area contributed by atoms with Gasteiger partial charge in [0, 0.05) is 17.9 Å². The summed E-state index contributed by atoms with van der Waals surface area (Å²) in [6, 6.07) is 7.59. The molecule has 1 aliphatic carbocycles. The van der Waals surface area contributed by atoms with Gasteiger partial charge in [0.2, 0.25) is 5.89 Å². The van der Waals surface area contributed by atoms with Crippen molar-refractivity contribution < 1.29 is 9.32 Å². The standard InChI is InChI=1S/C16H17ClN2O2/c17-13-8-5-4-6-11(13)10-15-18-16(21-19-15)12-7-2-1-3-9-14(12)20/h4-6,8,12H,1-3,7,9-10H2. The number of nitrogens with zero attached hydrogens (tertiary/aromatic N) is 2. The van der Waals surface area contributed by atoms with E-state index in [2.05, 4.69) is 10.1 Å². The van der Waals surface area contributed by atoms with E-state index >= 15 is 0 Å². The number of carbonyl (C=O) groups excluding carboxylic acids is 1. The highest BCUT2D eigenvalue weighted by molar-refractivity contribution is 6.31. The van der Waals surface area contributed by atoms with Gasteiger partial charge in [0.25, 0.3) is 0 Å². The van der Waals surface area contributed by atoms with Crippen LogP contribution in [0, 0.1) is 0 Å². The van der Waals surface area contributed by atoms with Crippen LogP contribution < -0.4 is 0 Å². The van der Waals surface area contributed by atoms with E-state index in [1.165, 1.54) is 0 Å². The third-order valence-electron chi connectivity index (χ3n) is 3.89. The van der Waals surface area contributed by atoms with Gasteiger partial charge < -0.3 is 4.52 Å². The molecule has 1 atom stereocenters. The van der Waals surface area contributed by atoms with Crippen LogP contribution in [-0.4, -0.2) is 15.9 Å². The normalized spacial score (nSPS) is 19.5. The minimum atomic E-state index is -0.222. The average molecular weight is 305 g/mol. The average Bonchev–Trinajstić information content (AvgIpc) is 2.82. The summed E-state index contributed by atoms with van der Waals surface area (Å²) in [5.41, 5.74) is 0.957. The largest absolute Gasteiger partial charge is 0.339 e. The van der Waals surface area contributed by atoms with Gasteiger partial charge in [0.15, 0.2) is 5.82 Å². The fraction of sp³-hybridized carbons (Fsp3) is 0.438. The molecule has 0 bridgehead atoms. The summed E-state index contributed by atoms with van der Waals surface area (Å²) < 4.78 is 5.32. The minimum Gasteiger partial charge on any atom is -0.339 e.